The molecule has 0 amide bonds. The van der Waals surface area contributed by atoms with E-state index in [0.717, 1.165) is 42.7 Å². The molecule has 0 spiro atoms. The zero-order valence-electron chi connectivity index (χ0n) is 15.9. The van der Waals surface area contributed by atoms with Gasteiger partial charge in [-0.1, -0.05) is 6.07 Å². The van der Waals surface area contributed by atoms with Gasteiger partial charge in [-0.25, -0.2) is 0 Å². The molecule has 2 N–H and O–H groups in total. The lowest BCUT2D eigenvalue weighted by Crippen LogP contribution is -2.43. The Kier molecular flexibility index (Phi) is 4.13. The van der Waals surface area contributed by atoms with Crippen LogP contribution in [0.5, 0.6) is 5.75 Å². The van der Waals surface area contributed by atoms with Gasteiger partial charge in [0.2, 0.25) is 0 Å². The number of hydrogen-bond donors (Lipinski definition) is 2. The van der Waals surface area contributed by atoms with Gasteiger partial charge in [0.25, 0.3) is 0 Å². The monoisotopic (exact) mass is 355 g/mol. The largest absolute Gasteiger partial charge is 0.506 e. The molecule has 26 heavy (non-hydrogen) atoms. The van der Waals surface area contributed by atoms with E-state index in [2.05, 4.69) is 21.3 Å². The van der Waals surface area contributed by atoms with Gasteiger partial charge in [0.05, 0.1) is 23.1 Å². The maximum atomic E-state index is 10.3. The average molecular weight is 355 g/mol. The smallest absolute Gasteiger partial charge is 0.495 e. The molecule has 3 heterocycles. The summed E-state index contributed by atoms with van der Waals surface area (Å²) in [4.78, 5) is 6.84. The molecule has 2 aliphatic heterocycles. The van der Waals surface area contributed by atoms with E-state index < -0.39 is 18.3 Å². The molecule has 4 rings (SSSR count). The van der Waals surface area contributed by atoms with E-state index in [1.807, 2.05) is 40.0 Å². The lowest BCUT2D eigenvalue weighted by atomic mass is 9.76. The third-order valence-electron chi connectivity index (χ3n) is 5.84. The van der Waals surface area contributed by atoms with Crippen molar-refractivity contribution in [2.45, 2.75) is 38.9 Å². The van der Waals surface area contributed by atoms with Crippen molar-refractivity contribution in [2.24, 2.45) is 0 Å². The van der Waals surface area contributed by atoms with Gasteiger partial charge >= 0.3 is 7.12 Å². The molecule has 0 bridgehead atoms. The van der Waals surface area contributed by atoms with Gasteiger partial charge in [0.1, 0.15) is 11.3 Å². The Morgan fingerprint density at radius 2 is 1.77 bits per heavy atom. The van der Waals surface area contributed by atoms with Crippen molar-refractivity contribution in [1.82, 2.24) is 10.3 Å². The fourth-order valence-electron chi connectivity index (χ4n) is 3.49. The Morgan fingerprint density at radius 3 is 2.42 bits per heavy atom. The van der Waals surface area contributed by atoms with E-state index in [9.17, 15) is 5.11 Å². The first-order valence-corrected chi connectivity index (χ1v) is 9.21. The highest BCUT2D eigenvalue weighted by molar-refractivity contribution is 6.65. The van der Waals surface area contributed by atoms with Gasteiger partial charge in [0.15, 0.2) is 0 Å². The number of benzene rings is 1. The maximum absolute atomic E-state index is 10.3. The summed E-state index contributed by atoms with van der Waals surface area (Å²) in [5, 5.41) is 14.5. The molecule has 0 saturated carbocycles. The summed E-state index contributed by atoms with van der Waals surface area (Å²) in [6.07, 6.45) is 1.83. The molecule has 1 aromatic carbocycles. The molecule has 0 unspecified atom stereocenters. The number of piperazine rings is 1. The summed E-state index contributed by atoms with van der Waals surface area (Å²) >= 11 is 0. The van der Waals surface area contributed by atoms with Gasteiger partial charge in [0, 0.05) is 31.6 Å². The Labute approximate surface area is 154 Å². The molecule has 0 atom stereocenters. The number of aromatic hydroxyl groups is 1. The van der Waals surface area contributed by atoms with Gasteiger partial charge in [-0.2, -0.15) is 0 Å². The van der Waals surface area contributed by atoms with Crippen molar-refractivity contribution in [2.75, 3.05) is 31.1 Å². The molecular weight excluding hydrogens is 329 g/mol. The molecule has 7 heteroatoms. The molecular formula is C19H26BN3O3. The van der Waals surface area contributed by atoms with Gasteiger partial charge < -0.3 is 24.6 Å². The van der Waals surface area contributed by atoms with Crippen LogP contribution in [0.1, 0.15) is 27.7 Å². The van der Waals surface area contributed by atoms with Crippen molar-refractivity contribution < 1.29 is 14.4 Å². The van der Waals surface area contributed by atoms with E-state index in [0.29, 0.717) is 5.52 Å². The Hall–Kier alpha value is -1.83. The van der Waals surface area contributed by atoms with Crippen molar-refractivity contribution in [3.63, 3.8) is 0 Å². The minimum atomic E-state index is -0.483. The van der Waals surface area contributed by atoms with Gasteiger partial charge in [-0.15, -0.1) is 0 Å². The number of fused-ring (bicyclic) bond motifs is 1. The number of hydrogen-bond acceptors (Lipinski definition) is 6. The SMILES string of the molecule is CC1(C)OB(c2ccc(O)c3ncc(N4CCNCC4)cc23)OC1(C)C. The van der Waals surface area contributed by atoms with E-state index in [-0.39, 0.29) is 5.75 Å². The number of anilines is 1. The normalized spacial score (nSPS) is 22.2. The predicted octanol–water partition coefficient (Wildman–Crippen LogP) is 1.65. The number of nitrogens with one attached hydrogen (secondary N) is 1. The summed E-state index contributed by atoms with van der Waals surface area (Å²) in [5.41, 5.74) is 1.72. The van der Waals surface area contributed by atoms with Crippen LogP contribution >= 0.6 is 0 Å². The minimum Gasteiger partial charge on any atom is -0.506 e. The van der Waals surface area contributed by atoms with Crippen LogP contribution < -0.4 is 15.7 Å². The molecule has 6 nitrogen and oxygen atoms in total. The molecule has 2 fully saturated rings. The molecule has 2 saturated heterocycles. The molecule has 0 radical (unpaired) electrons. The standard InChI is InChI=1S/C19H26BN3O3/c1-18(2)19(3,4)26-20(25-18)15-5-6-16(24)17-14(15)11-13(12-22-17)23-9-7-21-8-10-23/h5-6,11-12,21,24H,7-10H2,1-4H3. The first-order valence-electron chi connectivity index (χ1n) is 9.21. The molecule has 0 aliphatic carbocycles. The van der Waals surface area contributed by atoms with Crippen LogP contribution in [0.4, 0.5) is 5.69 Å². The van der Waals surface area contributed by atoms with Crippen molar-refractivity contribution >= 4 is 29.2 Å². The maximum Gasteiger partial charge on any atom is 0.495 e. The highest BCUT2D eigenvalue weighted by Crippen LogP contribution is 2.37. The number of pyridine rings is 1. The van der Waals surface area contributed by atoms with Gasteiger partial charge in [-0.05, 0) is 45.3 Å². The molecule has 2 aromatic rings. The fraction of sp³-hybridized carbons (Fsp3) is 0.526. The second kappa shape index (κ2) is 6.11. The van der Waals surface area contributed by atoms with Crippen LogP contribution in [0.3, 0.4) is 0 Å². The lowest BCUT2D eigenvalue weighted by molar-refractivity contribution is 0.00578. The summed E-state index contributed by atoms with van der Waals surface area (Å²) in [7, 11) is -0.483. The fourth-order valence-corrected chi connectivity index (χ4v) is 3.49. The first kappa shape index (κ1) is 17.6. The van der Waals surface area contributed by atoms with Crippen LogP contribution in [-0.2, 0) is 9.31 Å². The Bertz CT molecular complexity index is 818. The number of phenolic OH excluding ortho intramolecular Hbond substituents is 1. The van der Waals surface area contributed by atoms with Crippen molar-refractivity contribution in [3.8, 4) is 5.75 Å². The van der Waals surface area contributed by atoms with Crippen molar-refractivity contribution in [1.29, 1.82) is 0 Å². The summed E-state index contributed by atoms with van der Waals surface area (Å²) in [6, 6.07) is 5.64. The number of rotatable bonds is 2. The Morgan fingerprint density at radius 1 is 1.12 bits per heavy atom. The zero-order chi connectivity index (χ0) is 18.5. The van der Waals surface area contributed by atoms with Crippen LogP contribution in [0, 0.1) is 0 Å². The molecule has 138 valence electrons. The lowest BCUT2D eigenvalue weighted by Gasteiger charge is -2.32. The molecule has 2 aliphatic rings. The highest BCUT2D eigenvalue weighted by Gasteiger charge is 2.52. The highest BCUT2D eigenvalue weighted by atomic mass is 16.7. The topological polar surface area (TPSA) is 66.9 Å². The van der Waals surface area contributed by atoms with Crippen LogP contribution in [0.25, 0.3) is 10.9 Å². The second-order valence-electron chi connectivity index (χ2n) is 8.09. The van der Waals surface area contributed by atoms with E-state index >= 15 is 0 Å². The quantitative estimate of drug-likeness (QED) is 0.799. The third kappa shape index (κ3) is 2.84. The van der Waals surface area contributed by atoms with Crippen molar-refractivity contribution in [3.05, 3.63) is 24.4 Å². The number of nitrogens with zero attached hydrogens (tertiary/aromatic N) is 2. The van der Waals surface area contributed by atoms with E-state index in [1.165, 1.54) is 0 Å². The third-order valence-corrected chi connectivity index (χ3v) is 5.84. The predicted molar refractivity (Wildman–Crippen MR) is 104 cm³/mol. The van der Waals surface area contributed by atoms with Crippen LogP contribution in [0.15, 0.2) is 24.4 Å². The van der Waals surface area contributed by atoms with E-state index in [4.69, 9.17) is 9.31 Å². The minimum absolute atomic E-state index is 0.173. The summed E-state index contributed by atoms with van der Waals surface area (Å²) in [6.45, 7) is 12.0. The zero-order valence-corrected chi connectivity index (χ0v) is 15.9. The van der Waals surface area contributed by atoms with Crippen LogP contribution in [-0.4, -0.2) is 54.6 Å². The number of phenols is 1. The second-order valence-corrected chi connectivity index (χ2v) is 8.09. The summed E-state index contributed by atoms with van der Waals surface area (Å²) < 4.78 is 12.5. The van der Waals surface area contributed by atoms with Gasteiger partial charge in [-0.3, -0.25) is 4.98 Å². The molecule has 1 aromatic heterocycles. The Balaban J connectivity index is 1.78. The first-order chi connectivity index (χ1) is 12.3. The summed E-state index contributed by atoms with van der Waals surface area (Å²) in [5.74, 6) is 0.173. The number of aromatic nitrogens is 1. The average Bonchev–Trinajstić information content (AvgIpc) is 2.83. The van der Waals surface area contributed by atoms with Crippen LogP contribution in [0.2, 0.25) is 0 Å². The van der Waals surface area contributed by atoms with E-state index in [1.54, 1.807) is 6.07 Å².